The number of aliphatic hydroxyl groups is 1. The number of aliphatic hydroxyl groups excluding tert-OH is 1. The summed E-state index contributed by atoms with van der Waals surface area (Å²) in [5.41, 5.74) is -1.30. The monoisotopic (exact) mass is 364 g/mol. The zero-order valence-electron chi connectivity index (χ0n) is 13.2. The molecule has 4 nitrogen and oxygen atoms in total. The first-order valence-electron chi connectivity index (χ1n) is 7.65. The highest BCUT2D eigenvalue weighted by Crippen LogP contribution is 2.49. The Bertz CT molecular complexity index is 908. The highest BCUT2D eigenvalue weighted by Gasteiger charge is 2.55. The maximum Gasteiger partial charge on any atom is 0.331 e. The van der Waals surface area contributed by atoms with E-state index in [2.05, 4.69) is 4.98 Å². The number of ketones is 1. The molecule has 1 aromatic carbocycles. The predicted molar refractivity (Wildman–Crippen MR) is 81.7 cm³/mol. The molecule has 0 fully saturated rings. The Hall–Kier alpha value is -2.79. The molecule has 1 aliphatic rings. The maximum absolute atomic E-state index is 14.5. The Morgan fingerprint density at radius 1 is 1.23 bits per heavy atom. The Kier molecular flexibility index (Phi) is 4.50. The second kappa shape index (κ2) is 6.50. The molecular weight excluding hydrogens is 352 g/mol. The summed E-state index contributed by atoms with van der Waals surface area (Å²) in [6, 6.07) is 9.72. The van der Waals surface area contributed by atoms with Crippen LogP contribution in [0.3, 0.4) is 0 Å². The fourth-order valence-electron chi connectivity index (χ4n) is 3.17. The molecule has 2 atom stereocenters. The fourth-order valence-corrected chi connectivity index (χ4v) is 3.17. The molecule has 0 spiro atoms. The molecule has 1 N–H and O–H groups in total. The summed E-state index contributed by atoms with van der Waals surface area (Å²) in [4.78, 5) is 16.2. The lowest BCUT2D eigenvalue weighted by atomic mass is 9.93. The van der Waals surface area contributed by atoms with Crippen molar-refractivity contribution in [2.45, 2.75) is 30.8 Å². The Morgan fingerprint density at radius 2 is 1.92 bits per heavy atom. The van der Waals surface area contributed by atoms with Crippen LogP contribution in [-0.2, 0) is 17.1 Å². The summed E-state index contributed by atoms with van der Waals surface area (Å²) in [5.74, 6) is -6.73. The second-order valence-electron chi connectivity index (χ2n) is 5.91. The van der Waals surface area contributed by atoms with Gasteiger partial charge in [0.25, 0.3) is 6.43 Å². The van der Waals surface area contributed by atoms with E-state index in [0.717, 1.165) is 6.07 Å². The van der Waals surface area contributed by atoms with Crippen LogP contribution in [-0.4, -0.2) is 22.3 Å². The molecule has 1 aromatic heterocycles. The number of alkyl halides is 4. The van der Waals surface area contributed by atoms with Crippen molar-refractivity contribution in [1.82, 2.24) is 4.98 Å². The summed E-state index contributed by atoms with van der Waals surface area (Å²) in [6.45, 7) is 0. The molecule has 0 amide bonds. The Balaban J connectivity index is 2.08. The topological polar surface area (TPSA) is 74.0 Å². The van der Waals surface area contributed by atoms with Gasteiger partial charge in [-0.3, -0.25) is 4.79 Å². The van der Waals surface area contributed by atoms with Gasteiger partial charge in [-0.25, -0.2) is 13.8 Å². The number of aromatic nitrogens is 1. The van der Waals surface area contributed by atoms with Gasteiger partial charge >= 0.3 is 5.92 Å². The minimum atomic E-state index is -3.99. The van der Waals surface area contributed by atoms with Crippen LogP contribution in [0.1, 0.15) is 40.1 Å². The second-order valence-corrected chi connectivity index (χ2v) is 5.91. The predicted octanol–water partition coefficient (Wildman–Crippen LogP) is 3.25. The lowest BCUT2D eigenvalue weighted by Gasteiger charge is -2.17. The smallest absolute Gasteiger partial charge is 0.331 e. The number of fused-ring (bicyclic) bond motifs is 1. The zero-order chi connectivity index (χ0) is 19.1. The molecule has 8 heteroatoms. The third-order valence-electron chi connectivity index (χ3n) is 4.34. The van der Waals surface area contributed by atoms with E-state index < -0.39 is 41.3 Å². The number of benzene rings is 1. The minimum Gasteiger partial charge on any atom is -0.382 e. The van der Waals surface area contributed by atoms with Crippen LogP contribution in [0.2, 0.25) is 0 Å². The van der Waals surface area contributed by atoms with E-state index in [1.54, 1.807) is 0 Å². The van der Waals surface area contributed by atoms with E-state index in [1.807, 2.05) is 6.07 Å². The third kappa shape index (κ3) is 2.84. The largest absolute Gasteiger partial charge is 0.382 e. The van der Waals surface area contributed by atoms with Gasteiger partial charge in [0.1, 0.15) is 17.9 Å². The number of carbonyl (C=O) groups excluding carboxylic acids is 1. The van der Waals surface area contributed by atoms with Gasteiger partial charge in [-0.2, -0.15) is 14.0 Å². The Morgan fingerprint density at radius 3 is 2.58 bits per heavy atom. The van der Waals surface area contributed by atoms with Gasteiger partial charge in [0.05, 0.1) is 5.92 Å². The van der Waals surface area contributed by atoms with E-state index in [-0.39, 0.29) is 23.4 Å². The van der Waals surface area contributed by atoms with Crippen LogP contribution in [0.25, 0.3) is 0 Å². The average molecular weight is 364 g/mol. The van der Waals surface area contributed by atoms with Crippen molar-refractivity contribution in [3.63, 3.8) is 0 Å². The molecule has 0 radical (unpaired) electrons. The molecular formula is C18H12F4N2O2. The molecule has 0 saturated heterocycles. The van der Waals surface area contributed by atoms with Crippen LogP contribution in [0.15, 0.2) is 36.4 Å². The zero-order valence-corrected chi connectivity index (χ0v) is 13.2. The Labute approximate surface area is 145 Å². The van der Waals surface area contributed by atoms with E-state index in [9.17, 15) is 27.5 Å². The molecule has 0 bridgehead atoms. The minimum absolute atomic E-state index is 0.0711. The number of rotatable bonds is 4. The highest BCUT2D eigenvalue weighted by atomic mass is 19.3. The van der Waals surface area contributed by atoms with Gasteiger partial charge in [-0.05, 0) is 23.3 Å². The lowest BCUT2D eigenvalue weighted by molar-refractivity contribution is -0.143. The van der Waals surface area contributed by atoms with Crippen molar-refractivity contribution in [1.29, 1.82) is 5.26 Å². The van der Waals surface area contributed by atoms with E-state index in [4.69, 9.17) is 5.26 Å². The first-order chi connectivity index (χ1) is 12.3. The van der Waals surface area contributed by atoms with Gasteiger partial charge in [-0.15, -0.1) is 0 Å². The molecule has 1 heterocycles. The standard InChI is InChI=1S/C18H12F4N2O2/c19-17(20)15(25)12-6-2-5-11-13(16(26)18(21,22)14(11)12)7-9-3-1-4-10(8-23)24-9/h1-6,13,15,17,25H,7H2. The molecule has 134 valence electrons. The van der Waals surface area contributed by atoms with Crippen LogP contribution in [0.5, 0.6) is 0 Å². The summed E-state index contributed by atoms with van der Waals surface area (Å²) in [5, 5.41) is 18.4. The highest BCUT2D eigenvalue weighted by molar-refractivity contribution is 5.98. The number of hydrogen-bond acceptors (Lipinski definition) is 4. The molecule has 0 saturated carbocycles. The number of nitriles is 1. The first-order valence-corrected chi connectivity index (χ1v) is 7.65. The van der Waals surface area contributed by atoms with E-state index in [0.29, 0.717) is 0 Å². The maximum atomic E-state index is 14.5. The quantitative estimate of drug-likeness (QED) is 0.846. The molecule has 0 aliphatic heterocycles. The molecule has 3 rings (SSSR count). The van der Waals surface area contributed by atoms with E-state index >= 15 is 0 Å². The number of Topliss-reactive ketones (excluding diaryl/α,β-unsaturated/α-hetero) is 1. The van der Waals surface area contributed by atoms with Gasteiger partial charge in [-0.1, -0.05) is 24.3 Å². The molecule has 2 unspecified atom stereocenters. The van der Waals surface area contributed by atoms with Crippen molar-refractivity contribution < 1.29 is 27.5 Å². The molecule has 2 aromatic rings. The summed E-state index contributed by atoms with van der Waals surface area (Å²) in [6.07, 6.45) is -5.88. The lowest BCUT2D eigenvalue weighted by Crippen LogP contribution is -2.25. The normalized spacial score (nSPS) is 19.3. The van der Waals surface area contributed by atoms with Crippen molar-refractivity contribution in [2.24, 2.45) is 0 Å². The van der Waals surface area contributed by atoms with Crippen LogP contribution in [0.4, 0.5) is 17.6 Å². The number of halogens is 4. The van der Waals surface area contributed by atoms with Crippen molar-refractivity contribution >= 4 is 5.78 Å². The fraction of sp³-hybridized carbons (Fsp3) is 0.278. The molecule has 26 heavy (non-hydrogen) atoms. The van der Waals surface area contributed by atoms with Gasteiger partial charge in [0, 0.05) is 17.7 Å². The van der Waals surface area contributed by atoms with Crippen molar-refractivity contribution in [3.8, 4) is 6.07 Å². The van der Waals surface area contributed by atoms with Crippen LogP contribution in [0, 0.1) is 11.3 Å². The molecule has 1 aliphatic carbocycles. The van der Waals surface area contributed by atoms with Crippen LogP contribution >= 0.6 is 0 Å². The number of carbonyl (C=O) groups is 1. The van der Waals surface area contributed by atoms with Gasteiger partial charge < -0.3 is 5.11 Å². The summed E-state index contributed by atoms with van der Waals surface area (Å²) < 4.78 is 54.7. The average Bonchev–Trinajstić information content (AvgIpc) is 2.82. The summed E-state index contributed by atoms with van der Waals surface area (Å²) >= 11 is 0. The summed E-state index contributed by atoms with van der Waals surface area (Å²) in [7, 11) is 0. The van der Waals surface area contributed by atoms with Gasteiger partial charge in [0.2, 0.25) is 5.78 Å². The van der Waals surface area contributed by atoms with Gasteiger partial charge in [0.15, 0.2) is 0 Å². The number of hydrogen-bond donors (Lipinski definition) is 1. The SMILES string of the molecule is N#Cc1cccc(CC2C(=O)C(F)(F)c3c2cccc3C(O)C(F)F)n1. The van der Waals surface area contributed by atoms with Crippen molar-refractivity contribution in [2.75, 3.05) is 0 Å². The van der Waals surface area contributed by atoms with Crippen LogP contribution < -0.4 is 0 Å². The van der Waals surface area contributed by atoms with E-state index in [1.165, 1.54) is 30.3 Å². The first kappa shape index (κ1) is 18.0. The number of pyridine rings is 1. The third-order valence-corrected chi connectivity index (χ3v) is 4.34. The number of nitrogens with zero attached hydrogens (tertiary/aromatic N) is 2. The van der Waals surface area contributed by atoms with Crippen molar-refractivity contribution in [3.05, 3.63) is 64.5 Å².